The third-order valence-corrected chi connectivity index (χ3v) is 3.35. The van der Waals surface area contributed by atoms with Crippen LogP contribution in [-0.2, 0) is 11.0 Å². The fourth-order valence-electron chi connectivity index (χ4n) is 1.50. The molecule has 1 aromatic rings. The van der Waals surface area contributed by atoms with E-state index in [0.29, 0.717) is 0 Å². The van der Waals surface area contributed by atoms with Crippen LogP contribution in [0.2, 0.25) is 0 Å². The zero-order valence-electron chi connectivity index (χ0n) is 8.57. The van der Waals surface area contributed by atoms with Crippen LogP contribution in [0.25, 0.3) is 0 Å². The zero-order valence-corrected chi connectivity index (χ0v) is 9.39. The Hall–Kier alpha value is -1.21. The number of anilines is 1. The molecule has 17 heavy (non-hydrogen) atoms. The molecule has 0 spiro atoms. The van der Waals surface area contributed by atoms with Crippen LogP contribution >= 0.6 is 11.8 Å². The lowest BCUT2D eigenvalue weighted by Gasteiger charge is -2.16. The molecule has 1 aromatic carbocycles. The summed E-state index contributed by atoms with van der Waals surface area (Å²) in [7, 11) is 0. The number of alkyl halides is 3. The molecule has 0 radical (unpaired) electrons. The summed E-state index contributed by atoms with van der Waals surface area (Å²) in [6, 6.07) is 4.67. The molecule has 7 heteroatoms. The summed E-state index contributed by atoms with van der Waals surface area (Å²) in [5.74, 6) is -0.0873. The van der Waals surface area contributed by atoms with Crippen molar-refractivity contribution < 1.29 is 18.0 Å². The van der Waals surface area contributed by atoms with Gasteiger partial charge >= 0.3 is 6.18 Å². The van der Waals surface area contributed by atoms with Gasteiger partial charge in [0.25, 0.3) is 5.91 Å². The first-order chi connectivity index (χ1) is 7.89. The first-order valence-electron chi connectivity index (χ1n) is 4.75. The molecule has 1 atom stereocenters. The van der Waals surface area contributed by atoms with E-state index in [-0.39, 0.29) is 17.5 Å². The molecule has 0 saturated carbocycles. The molecule has 1 heterocycles. The van der Waals surface area contributed by atoms with Crippen molar-refractivity contribution in [2.45, 2.75) is 11.6 Å². The average molecular weight is 262 g/mol. The standard InChI is InChI=1S/C10H9F3N2OS/c11-10(12,13)6-2-1-3-7(4-6)15-5-17-8(14)9(15)16/h1-4,8H,5,14H2. The van der Waals surface area contributed by atoms with Crippen LogP contribution in [0.1, 0.15) is 5.56 Å². The highest BCUT2D eigenvalue weighted by Gasteiger charge is 2.34. The van der Waals surface area contributed by atoms with Crippen molar-refractivity contribution in [3.63, 3.8) is 0 Å². The summed E-state index contributed by atoms with van der Waals surface area (Å²) in [4.78, 5) is 12.8. The quantitative estimate of drug-likeness (QED) is 0.842. The van der Waals surface area contributed by atoms with Crippen LogP contribution < -0.4 is 10.6 Å². The number of hydrogen-bond donors (Lipinski definition) is 1. The lowest BCUT2D eigenvalue weighted by Crippen LogP contribution is -2.33. The van der Waals surface area contributed by atoms with Crippen molar-refractivity contribution in [1.29, 1.82) is 0 Å². The number of rotatable bonds is 1. The van der Waals surface area contributed by atoms with Gasteiger partial charge in [-0.25, -0.2) is 0 Å². The Morgan fingerprint density at radius 2 is 2.12 bits per heavy atom. The minimum Gasteiger partial charge on any atom is -0.311 e. The molecule has 1 unspecified atom stereocenters. The molecule has 1 fully saturated rings. The van der Waals surface area contributed by atoms with E-state index in [4.69, 9.17) is 5.73 Å². The molecule has 1 saturated heterocycles. The van der Waals surface area contributed by atoms with E-state index in [9.17, 15) is 18.0 Å². The van der Waals surface area contributed by atoms with E-state index < -0.39 is 17.1 Å². The lowest BCUT2D eigenvalue weighted by atomic mass is 10.2. The molecular weight excluding hydrogens is 253 g/mol. The smallest absolute Gasteiger partial charge is 0.311 e. The number of hydrogen-bond acceptors (Lipinski definition) is 3. The van der Waals surface area contributed by atoms with E-state index in [1.807, 2.05) is 0 Å². The van der Waals surface area contributed by atoms with E-state index in [1.54, 1.807) is 0 Å². The Morgan fingerprint density at radius 1 is 1.41 bits per heavy atom. The molecule has 0 bridgehead atoms. The van der Waals surface area contributed by atoms with Gasteiger partial charge in [-0.3, -0.25) is 4.79 Å². The molecule has 2 N–H and O–H groups in total. The summed E-state index contributed by atoms with van der Waals surface area (Å²) >= 11 is 1.19. The first-order valence-corrected chi connectivity index (χ1v) is 5.80. The van der Waals surface area contributed by atoms with E-state index in [0.717, 1.165) is 12.1 Å². The maximum absolute atomic E-state index is 12.5. The normalized spacial score (nSPS) is 21.1. The lowest BCUT2D eigenvalue weighted by molar-refractivity contribution is -0.137. The van der Waals surface area contributed by atoms with Gasteiger partial charge in [-0.15, -0.1) is 11.8 Å². The predicted molar refractivity (Wildman–Crippen MR) is 59.4 cm³/mol. The van der Waals surface area contributed by atoms with Crippen molar-refractivity contribution in [3.05, 3.63) is 29.8 Å². The largest absolute Gasteiger partial charge is 0.416 e. The Balaban J connectivity index is 2.31. The second kappa shape index (κ2) is 4.23. The van der Waals surface area contributed by atoms with Gasteiger partial charge in [0.1, 0.15) is 5.37 Å². The molecule has 2 rings (SSSR count). The third-order valence-electron chi connectivity index (χ3n) is 2.38. The number of nitrogens with zero attached hydrogens (tertiary/aromatic N) is 1. The van der Waals surface area contributed by atoms with Gasteiger partial charge in [-0.05, 0) is 18.2 Å². The second-order valence-electron chi connectivity index (χ2n) is 3.53. The van der Waals surface area contributed by atoms with Gasteiger partial charge in [0.05, 0.1) is 11.4 Å². The van der Waals surface area contributed by atoms with Crippen molar-refractivity contribution in [3.8, 4) is 0 Å². The Labute approximate surface area is 99.8 Å². The number of halogens is 3. The maximum atomic E-state index is 12.5. The SMILES string of the molecule is NC1SCN(c2cccc(C(F)(F)F)c2)C1=O. The summed E-state index contributed by atoms with van der Waals surface area (Å²) in [6.07, 6.45) is -4.41. The summed E-state index contributed by atoms with van der Waals surface area (Å²) in [5, 5.41) is -0.690. The van der Waals surface area contributed by atoms with Crippen LogP contribution in [0, 0.1) is 0 Å². The maximum Gasteiger partial charge on any atom is 0.416 e. The van der Waals surface area contributed by atoms with Crippen LogP contribution in [0.15, 0.2) is 24.3 Å². The molecule has 0 aromatic heterocycles. The fraction of sp³-hybridized carbons (Fsp3) is 0.300. The van der Waals surface area contributed by atoms with E-state index in [2.05, 4.69) is 0 Å². The monoisotopic (exact) mass is 262 g/mol. The Morgan fingerprint density at radius 3 is 2.65 bits per heavy atom. The molecule has 1 amide bonds. The van der Waals surface area contributed by atoms with Crippen molar-refractivity contribution in [2.24, 2.45) is 5.73 Å². The summed E-state index contributed by atoms with van der Waals surface area (Å²) < 4.78 is 37.5. The minimum absolute atomic E-state index is 0.227. The van der Waals surface area contributed by atoms with Crippen LogP contribution in [-0.4, -0.2) is 17.2 Å². The number of benzene rings is 1. The van der Waals surface area contributed by atoms with Gasteiger partial charge in [-0.2, -0.15) is 13.2 Å². The first kappa shape index (κ1) is 12.3. The van der Waals surface area contributed by atoms with Gasteiger partial charge < -0.3 is 10.6 Å². The van der Waals surface area contributed by atoms with Crippen LogP contribution in [0.4, 0.5) is 18.9 Å². The van der Waals surface area contributed by atoms with Crippen LogP contribution in [0.3, 0.4) is 0 Å². The number of carbonyl (C=O) groups excluding carboxylic acids is 1. The molecule has 3 nitrogen and oxygen atoms in total. The predicted octanol–water partition coefficient (Wildman–Crippen LogP) is 2.03. The van der Waals surface area contributed by atoms with Crippen molar-refractivity contribution in [2.75, 3.05) is 10.8 Å². The van der Waals surface area contributed by atoms with Gasteiger partial charge in [0, 0.05) is 5.69 Å². The fourth-order valence-corrected chi connectivity index (χ4v) is 2.35. The van der Waals surface area contributed by atoms with Gasteiger partial charge in [-0.1, -0.05) is 6.07 Å². The molecule has 1 aliphatic heterocycles. The van der Waals surface area contributed by atoms with Gasteiger partial charge in [0.2, 0.25) is 0 Å². The highest BCUT2D eigenvalue weighted by Crippen LogP contribution is 2.33. The Bertz CT molecular complexity index is 449. The van der Waals surface area contributed by atoms with E-state index >= 15 is 0 Å². The van der Waals surface area contributed by atoms with Crippen LogP contribution in [0.5, 0.6) is 0 Å². The second-order valence-corrected chi connectivity index (χ2v) is 4.63. The molecule has 1 aliphatic rings. The number of thioether (sulfide) groups is 1. The highest BCUT2D eigenvalue weighted by atomic mass is 32.2. The number of nitrogens with two attached hydrogens (primary N) is 1. The zero-order chi connectivity index (χ0) is 12.6. The van der Waals surface area contributed by atoms with Gasteiger partial charge in [0.15, 0.2) is 0 Å². The van der Waals surface area contributed by atoms with Crippen molar-refractivity contribution in [1.82, 2.24) is 0 Å². The highest BCUT2D eigenvalue weighted by molar-refractivity contribution is 8.01. The Kier molecular flexibility index (Phi) is 3.05. The molecule has 92 valence electrons. The summed E-state index contributed by atoms with van der Waals surface area (Å²) in [6.45, 7) is 0. The molecular formula is C10H9F3N2OS. The number of amides is 1. The topological polar surface area (TPSA) is 46.3 Å². The summed E-state index contributed by atoms with van der Waals surface area (Å²) in [5.41, 5.74) is 4.94. The minimum atomic E-state index is -4.41. The third kappa shape index (κ3) is 2.39. The molecule has 0 aliphatic carbocycles. The van der Waals surface area contributed by atoms with E-state index in [1.165, 1.54) is 28.8 Å². The number of carbonyl (C=O) groups is 1. The average Bonchev–Trinajstić information content (AvgIpc) is 2.59. The van der Waals surface area contributed by atoms with Crippen molar-refractivity contribution >= 4 is 23.4 Å².